The van der Waals surface area contributed by atoms with Crippen molar-refractivity contribution in [2.24, 2.45) is 5.92 Å². The third-order valence-electron chi connectivity index (χ3n) is 5.94. The molecule has 28 heavy (non-hydrogen) atoms. The Kier molecular flexibility index (Phi) is 5.02. The lowest BCUT2D eigenvalue weighted by molar-refractivity contribution is 0.0776. The minimum Gasteiger partial charge on any atom is -0.347 e. The Morgan fingerprint density at radius 1 is 1.14 bits per heavy atom. The van der Waals surface area contributed by atoms with Crippen molar-refractivity contribution in [1.29, 1.82) is 0 Å². The number of hydrogen-bond acceptors (Lipinski definition) is 6. The average molecular weight is 417 g/mol. The van der Waals surface area contributed by atoms with Crippen LogP contribution in [0.3, 0.4) is 0 Å². The van der Waals surface area contributed by atoms with Gasteiger partial charge in [0.2, 0.25) is 0 Å². The van der Waals surface area contributed by atoms with Crippen molar-refractivity contribution < 1.29 is 9.59 Å². The van der Waals surface area contributed by atoms with E-state index in [1.54, 1.807) is 6.20 Å². The number of rotatable bonds is 3. The first-order chi connectivity index (χ1) is 13.7. The molecule has 5 heterocycles. The van der Waals surface area contributed by atoms with E-state index in [1.807, 2.05) is 28.8 Å². The Hall–Kier alpha value is -1.64. The molecule has 148 valence electrons. The number of thiophene rings is 1. The van der Waals surface area contributed by atoms with Gasteiger partial charge in [0.1, 0.15) is 5.69 Å². The molecule has 2 bridgehead atoms. The van der Waals surface area contributed by atoms with E-state index in [2.05, 4.69) is 15.2 Å². The van der Waals surface area contributed by atoms with Crippen LogP contribution in [0, 0.1) is 5.92 Å². The summed E-state index contributed by atoms with van der Waals surface area (Å²) in [7, 11) is 0. The molecule has 2 aromatic rings. The minimum absolute atomic E-state index is 0.0965. The van der Waals surface area contributed by atoms with Gasteiger partial charge >= 0.3 is 0 Å². The molecule has 2 aromatic heterocycles. The maximum atomic E-state index is 12.7. The van der Waals surface area contributed by atoms with E-state index in [4.69, 9.17) is 0 Å². The molecule has 3 fully saturated rings. The van der Waals surface area contributed by atoms with Crippen molar-refractivity contribution >= 4 is 45.0 Å². The number of carbonyl (C=O) groups excluding carboxylic acids is 2. The number of aromatic nitrogens is 1. The van der Waals surface area contributed by atoms with E-state index >= 15 is 0 Å². The van der Waals surface area contributed by atoms with Crippen LogP contribution in [0.4, 0.5) is 0 Å². The molecule has 3 aliphatic rings. The number of thioether (sulfide) groups is 1. The Morgan fingerprint density at radius 2 is 2.00 bits per heavy atom. The molecule has 3 saturated heterocycles. The minimum atomic E-state index is -0.108. The molecule has 0 radical (unpaired) electrons. The summed E-state index contributed by atoms with van der Waals surface area (Å²) in [4.78, 5) is 34.9. The van der Waals surface area contributed by atoms with E-state index in [0.29, 0.717) is 11.6 Å². The van der Waals surface area contributed by atoms with Crippen LogP contribution in [-0.2, 0) is 0 Å². The Bertz CT molecular complexity index is 897. The van der Waals surface area contributed by atoms with Gasteiger partial charge in [0.25, 0.3) is 11.8 Å². The zero-order chi connectivity index (χ0) is 19.1. The summed E-state index contributed by atoms with van der Waals surface area (Å²) in [6.07, 6.45) is 4.03. The van der Waals surface area contributed by atoms with Gasteiger partial charge in [-0.3, -0.25) is 14.6 Å². The predicted molar refractivity (Wildman–Crippen MR) is 113 cm³/mol. The molecule has 6 nitrogen and oxygen atoms in total. The van der Waals surface area contributed by atoms with E-state index in [-0.39, 0.29) is 17.9 Å². The second kappa shape index (κ2) is 7.65. The summed E-state index contributed by atoms with van der Waals surface area (Å²) < 4.78 is 0.947. The number of piperidine rings is 1. The molecular formula is C20H24N4O2S2. The van der Waals surface area contributed by atoms with Crippen molar-refractivity contribution in [3.8, 4) is 0 Å². The Labute approximate surface area is 172 Å². The number of nitrogens with one attached hydrogen (secondary N) is 1. The van der Waals surface area contributed by atoms with Crippen molar-refractivity contribution in [2.45, 2.75) is 18.9 Å². The summed E-state index contributed by atoms with van der Waals surface area (Å²) in [5.41, 5.74) is 0.440. The Morgan fingerprint density at radius 3 is 2.82 bits per heavy atom. The first kappa shape index (κ1) is 18.4. The molecule has 2 amide bonds. The molecule has 0 saturated carbocycles. The topological polar surface area (TPSA) is 65.5 Å². The van der Waals surface area contributed by atoms with E-state index < -0.39 is 0 Å². The molecule has 3 atom stereocenters. The largest absolute Gasteiger partial charge is 0.347 e. The zero-order valence-electron chi connectivity index (χ0n) is 15.7. The maximum Gasteiger partial charge on any atom is 0.270 e. The van der Waals surface area contributed by atoms with E-state index in [0.717, 1.165) is 59.1 Å². The van der Waals surface area contributed by atoms with Gasteiger partial charge in [0, 0.05) is 60.0 Å². The first-order valence-corrected chi connectivity index (χ1v) is 11.9. The third-order valence-corrected chi connectivity index (χ3v) is 7.97. The standard InChI is InChI=1S/C20H24N4O2S2/c25-19(22-15-7-13-1-2-23(11-13)12-15)16-9-17-14(10-21-16)8-18(28-17)20(26)24-3-5-27-6-4-24/h8-10,13,15H,1-7,11-12H2,(H,22,25)/t13-,15-/m1/s1. The van der Waals surface area contributed by atoms with Crippen molar-refractivity contribution in [1.82, 2.24) is 20.1 Å². The Balaban J connectivity index is 1.30. The van der Waals surface area contributed by atoms with Crippen LogP contribution in [0.5, 0.6) is 0 Å². The van der Waals surface area contributed by atoms with Crippen LogP contribution in [0.1, 0.15) is 33.0 Å². The number of nitrogens with zero attached hydrogens (tertiary/aromatic N) is 3. The number of pyridine rings is 1. The SMILES string of the molecule is O=C(N[C@@H]1C[C@H]2CCN(C2)C1)c1cc2sc(C(=O)N3CCSCC3)cc2cn1. The quantitative estimate of drug-likeness (QED) is 0.832. The van der Waals surface area contributed by atoms with Crippen LogP contribution in [0.15, 0.2) is 18.3 Å². The summed E-state index contributed by atoms with van der Waals surface area (Å²) in [5.74, 6) is 2.71. The maximum absolute atomic E-state index is 12.7. The third kappa shape index (κ3) is 3.65. The van der Waals surface area contributed by atoms with Gasteiger partial charge in [-0.25, -0.2) is 0 Å². The van der Waals surface area contributed by atoms with Gasteiger partial charge in [-0.05, 0) is 37.4 Å². The second-order valence-electron chi connectivity index (χ2n) is 7.94. The molecule has 1 N–H and O–H groups in total. The van der Waals surface area contributed by atoms with Gasteiger partial charge in [-0.2, -0.15) is 11.8 Å². The highest BCUT2D eigenvalue weighted by Crippen LogP contribution is 2.29. The highest BCUT2D eigenvalue weighted by molar-refractivity contribution is 7.99. The second-order valence-corrected chi connectivity index (χ2v) is 10.3. The molecule has 5 rings (SSSR count). The van der Waals surface area contributed by atoms with Crippen LogP contribution in [0.2, 0.25) is 0 Å². The fourth-order valence-corrected chi connectivity index (χ4v) is 6.45. The van der Waals surface area contributed by atoms with E-state index in [1.165, 1.54) is 24.3 Å². The molecule has 0 aliphatic carbocycles. The average Bonchev–Trinajstić information content (AvgIpc) is 3.30. The number of hydrogen-bond donors (Lipinski definition) is 1. The highest BCUT2D eigenvalue weighted by atomic mass is 32.2. The molecule has 0 spiro atoms. The summed E-state index contributed by atoms with van der Waals surface area (Å²) in [6, 6.07) is 3.95. The van der Waals surface area contributed by atoms with Gasteiger partial charge in [-0.15, -0.1) is 11.3 Å². The van der Waals surface area contributed by atoms with Crippen molar-refractivity contribution in [3.63, 3.8) is 0 Å². The number of fused-ring (bicyclic) bond motifs is 3. The van der Waals surface area contributed by atoms with Crippen molar-refractivity contribution in [2.75, 3.05) is 44.2 Å². The van der Waals surface area contributed by atoms with Gasteiger partial charge in [0.05, 0.1) is 4.88 Å². The van der Waals surface area contributed by atoms with Gasteiger partial charge in [0.15, 0.2) is 0 Å². The monoisotopic (exact) mass is 416 g/mol. The van der Waals surface area contributed by atoms with Crippen LogP contribution < -0.4 is 5.32 Å². The normalized spacial score (nSPS) is 27.1. The molecule has 0 aromatic carbocycles. The summed E-state index contributed by atoms with van der Waals surface area (Å²) in [6.45, 7) is 4.89. The molecular weight excluding hydrogens is 392 g/mol. The van der Waals surface area contributed by atoms with Gasteiger partial charge < -0.3 is 15.1 Å². The van der Waals surface area contributed by atoms with Crippen molar-refractivity contribution in [3.05, 3.63) is 28.9 Å². The first-order valence-electron chi connectivity index (χ1n) is 9.95. The molecule has 8 heteroatoms. The number of carbonyl (C=O) groups is 2. The van der Waals surface area contributed by atoms with Crippen LogP contribution >= 0.6 is 23.1 Å². The smallest absolute Gasteiger partial charge is 0.270 e. The van der Waals surface area contributed by atoms with Crippen LogP contribution in [-0.4, -0.2) is 76.9 Å². The zero-order valence-corrected chi connectivity index (χ0v) is 17.4. The lowest BCUT2D eigenvalue weighted by Crippen LogP contribution is -2.47. The predicted octanol–water partition coefficient (Wildman–Crippen LogP) is 2.31. The lowest BCUT2D eigenvalue weighted by atomic mass is 9.97. The highest BCUT2D eigenvalue weighted by Gasteiger charge is 2.33. The molecule has 3 aliphatic heterocycles. The van der Waals surface area contributed by atoms with E-state index in [9.17, 15) is 9.59 Å². The molecule has 1 unspecified atom stereocenters. The summed E-state index contributed by atoms with van der Waals surface area (Å²) >= 11 is 3.35. The lowest BCUT2D eigenvalue weighted by Gasteiger charge is -2.30. The number of amides is 2. The van der Waals surface area contributed by atoms with Gasteiger partial charge in [-0.1, -0.05) is 0 Å². The fourth-order valence-electron chi connectivity index (χ4n) is 4.51. The summed E-state index contributed by atoms with van der Waals surface area (Å²) in [5, 5.41) is 4.09. The fraction of sp³-hybridized carbons (Fsp3) is 0.550. The van der Waals surface area contributed by atoms with Crippen LogP contribution in [0.25, 0.3) is 10.1 Å².